The summed E-state index contributed by atoms with van der Waals surface area (Å²) in [6.45, 7) is 0. The van der Waals surface area contributed by atoms with Gasteiger partial charge in [-0.15, -0.1) is 0 Å². The molecule has 0 aliphatic heterocycles. The second-order valence-electron chi connectivity index (χ2n) is 2.20. The van der Waals surface area contributed by atoms with Crippen LogP contribution < -0.4 is 5.84 Å². The fourth-order valence-electron chi connectivity index (χ4n) is 0.782. The first-order chi connectivity index (χ1) is 6.07. The summed E-state index contributed by atoms with van der Waals surface area (Å²) in [5.74, 6) is 4.80. The summed E-state index contributed by atoms with van der Waals surface area (Å²) < 4.78 is 0.576. The van der Waals surface area contributed by atoms with E-state index in [9.17, 15) is 5.11 Å². The van der Waals surface area contributed by atoms with E-state index in [-0.39, 0.29) is 15.8 Å². The van der Waals surface area contributed by atoms with E-state index in [1.807, 2.05) is 0 Å². The molecular formula is C7H5BrCl2N2O. The Balaban J connectivity index is 3.40. The molecule has 0 aliphatic rings. The van der Waals surface area contributed by atoms with E-state index in [0.29, 0.717) is 10.0 Å². The molecule has 13 heavy (non-hydrogen) atoms. The first kappa shape index (κ1) is 10.6. The summed E-state index contributed by atoms with van der Waals surface area (Å²) in [6, 6.07) is 1.57. The molecule has 0 fully saturated rings. The Kier molecular flexibility index (Phi) is 3.41. The zero-order valence-corrected chi connectivity index (χ0v) is 9.36. The first-order valence-corrected chi connectivity index (χ1v) is 4.72. The van der Waals surface area contributed by atoms with Crippen molar-refractivity contribution in [2.75, 3.05) is 0 Å². The quantitative estimate of drug-likeness (QED) is 0.360. The minimum absolute atomic E-state index is 0.0749. The van der Waals surface area contributed by atoms with Gasteiger partial charge in [-0.2, -0.15) is 5.10 Å². The highest BCUT2D eigenvalue weighted by atomic mass is 79.9. The van der Waals surface area contributed by atoms with Crippen molar-refractivity contribution in [1.29, 1.82) is 0 Å². The Hall–Kier alpha value is -0.450. The summed E-state index contributed by atoms with van der Waals surface area (Å²) in [5, 5.41) is 13.1. The number of phenols is 1. The van der Waals surface area contributed by atoms with Gasteiger partial charge in [0.05, 0.1) is 11.2 Å². The highest BCUT2D eigenvalue weighted by Gasteiger charge is 2.11. The van der Waals surface area contributed by atoms with Crippen molar-refractivity contribution in [3.63, 3.8) is 0 Å². The smallest absolute Gasteiger partial charge is 0.144 e. The number of rotatable bonds is 1. The molecule has 0 unspecified atom stereocenters. The summed E-state index contributed by atoms with van der Waals surface area (Å²) in [6.07, 6.45) is 1.28. The van der Waals surface area contributed by atoms with Gasteiger partial charge in [0.1, 0.15) is 10.8 Å². The number of nitrogens with two attached hydrogens (primary N) is 1. The molecule has 0 aliphatic carbocycles. The van der Waals surface area contributed by atoms with Gasteiger partial charge in [-0.25, -0.2) is 0 Å². The number of hydrogen-bond donors (Lipinski definition) is 2. The molecule has 0 radical (unpaired) electrons. The normalized spacial score (nSPS) is 11.0. The molecule has 3 N–H and O–H groups in total. The van der Waals surface area contributed by atoms with Crippen LogP contribution in [0.1, 0.15) is 5.56 Å². The summed E-state index contributed by atoms with van der Waals surface area (Å²) >= 11 is 14.6. The largest absolute Gasteiger partial charge is 0.506 e. The SMILES string of the molecule is NN=Cc1cc(Br)c(Cl)c(Cl)c1O. The number of hydrazone groups is 1. The van der Waals surface area contributed by atoms with E-state index >= 15 is 0 Å². The van der Waals surface area contributed by atoms with Crippen LogP contribution in [0.15, 0.2) is 15.6 Å². The van der Waals surface area contributed by atoms with E-state index in [0.717, 1.165) is 0 Å². The van der Waals surface area contributed by atoms with Gasteiger partial charge in [0.25, 0.3) is 0 Å². The Bertz CT molecular complexity index is 368. The molecule has 0 atom stereocenters. The number of halogens is 3. The maximum atomic E-state index is 9.45. The fraction of sp³-hybridized carbons (Fsp3) is 0. The lowest BCUT2D eigenvalue weighted by molar-refractivity contribution is 0.474. The van der Waals surface area contributed by atoms with Crippen molar-refractivity contribution >= 4 is 45.3 Å². The first-order valence-electron chi connectivity index (χ1n) is 3.17. The van der Waals surface area contributed by atoms with E-state index in [1.54, 1.807) is 6.07 Å². The highest BCUT2D eigenvalue weighted by Crippen LogP contribution is 2.38. The lowest BCUT2D eigenvalue weighted by atomic mass is 10.2. The third kappa shape index (κ3) is 2.07. The Morgan fingerprint density at radius 3 is 2.62 bits per heavy atom. The highest BCUT2D eigenvalue weighted by molar-refractivity contribution is 9.10. The van der Waals surface area contributed by atoms with E-state index in [2.05, 4.69) is 21.0 Å². The van der Waals surface area contributed by atoms with E-state index < -0.39 is 0 Å². The molecule has 6 heteroatoms. The van der Waals surface area contributed by atoms with Gasteiger partial charge in [-0.1, -0.05) is 23.2 Å². The predicted octanol–water partition coefficient (Wildman–Crippen LogP) is 2.75. The van der Waals surface area contributed by atoms with Crippen molar-refractivity contribution in [2.45, 2.75) is 0 Å². The van der Waals surface area contributed by atoms with Crippen molar-refractivity contribution in [1.82, 2.24) is 0 Å². The number of hydrogen-bond acceptors (Lipinski definition) is 3. The van der Waals surface area contributed by atoms with Crippen LogP contribution in [0, 0.1) is 0 Å². The molecule has 0 saturated carbocycles. The van der Waals surface area contributed by atoms with Crippen LogP contribution in [0.4, 0.5) is 0 Å². The second-order valence-corrected chi connectivity index (χ2v) is 3.81. The van der Waals surface area contributed by atoms with Gasteiger partial charge in [-0.3, -0.25) is 0 Å². The Morgan fingerprint density at radius 2 is 2.08 bits per heavy atom. The fourth-order valence-corrected chi connectivity index (χ4v) is 1.70. The van der Waals surface area contributed by atoms with Gasteiger partial charge in [0.15, 0.2) is 0 Å². The third-order valence-corrected chi connectivity index (χ3v) is 3.09. The predicted molar refractivity (Wildman–Crippen MR) is 57.6 cm³/mol. The Labute approximate surface area is 93.3 Å². The Morgan fingerprint density at radius 1 is 1.46 bits per heavy atom. The molecule has 70 valence electrons. The molecule has 1 rings (SSSR count). The van der Waals surface area contributed by atoms with Crippen LogP contribution in [0.2, 0.25) is 10.0 Å². The van der Waals surface area contributed by atoms with Gasteiger partial charge in [0.2, 0.25) is 0 Å². The summed E-state index contributed by atoms with van der Waals surface area (Å²) in [4.78, 5) is 0. The van der Waals surface area contributed by atoms with Crippen molar-refractivity contribution in [2.24, 2.45) is 10.9 Å². The zero-order valence-electron chi connectivity index (χ0n) is 6.26. The molecular weight excluding hydrogens is 279 g/mol. The van der Waals surface area contributed by atoms with Crippen LogP contribution in [-0.2, 0) is 0 Å². The molecule has 3 nitrogen and oxygen atoms in total. The van der Waals surface area contributed by atoms with Gasteiger partial charge >= 0.3 is 0 Å². The number of benzene rings is 1. The lowest BCUT2D eigenvalue weighted by Gasteiger charge is -2.04. The molecule has 1 aromatic carbocycles. The molecule has 0 saturated heterocycles. The average molecular weight is 284 g/mol. The molecule has 1 aromatic rings. The second kappa shape index (κ2) is 4.17. The molecule has 0 aromatic heterocycles. The summed E-state index contributed by atoms with van der Waals surface area (Å²) in [7, 11) is 0. The monoisotopic (exact) mass is 282 g/mol. The van der Waals surface area contributed by atoms with Crippen LogP contribution in [0.3, 0.4) is 0 Å². The standard InChI is InChI=1S/C7H5BrCl2N2O/c8-4-1-3(2-12-11)7(13)6(10)5(4)9/h1-2,13H,11H2. The molecule has 0 bridgehead atoms. The van der Waals surface area contributed by atoms with Crippen LogP contribution in [0.25, 0.3) is 0 Å². The van der Waals surface area contributed by atoms with Crippen molar-refractivity contribution < 1.29 is 5.11 Å². The molecule has 0 spiro atoms. The molecule has 0 amide bonds. The number of phenolic OH excluding ortho intramolecular Hbond substituents is 1. The lowest BCUT2D eigenvalue weighted by Crippen LogP contribution is -1.89. The van der Waals surface area contributed by atoms with E-state index in [4.69, 9.17) is 29.0 Å². The van der Waals surface area contributed by atoms with Gasteiger partial charge in [-0.05, 0) is 22.0 Å². The van der Waals surface area contributed by atoms with Crippen LogP contribution in [-0.4, -0.2) is 11.3 Å². The maximum absolute atomic E-state index is 9.45. The number of nitrogens with zero attached hydrogens (tertiary/aromatic N) is 1. The van der Waals surface area contributed by atoms with Crippen LogP contribution in [0.5, 0.6) is 5.75 Å². The van der Waals surface area contributed by atoms with Crippen LogP contribution >= 0.6 is 39.1 Å². The topological polar surface area (TPSA) is 58.6 Å². The summed E-state index contributed by atoms with van der Waals surface area (Å²) in [5.41, 5.74) is 0.406. The van der Waals surface area contributed by atoms with Gasteiger partial charge < -0.3 is 10.9 Å². The minimum atomic E-state index is -0.135. The maximum Gasteiger partial charge on any atom is 0.144 e. The van der Waals surface area contributed by atoms with Gasteiger partial charge in [0, 0.05) is 10.0 Å². The zero-order chi connectivity index (χ0) is 10.0. The van der Waals surface area contributed by atoms with E-state index in [1.165, 1.54) is 6.21 Å². The van der Waals surface area contributed by atoms with Crippen molar-refractivity contribution in [3.8, 4) is 5.75 Å². The van der Waals surface area contributed by atoms with Crippen molar-refractivity contribution in [3.05, 3.63) is 26.1 Å². The minimum Gasteiger partial charge on any atom is -0.506 e. The average Bonchev–Trinajstić information content (AvgIpc) is 2.11. The third-order valence-electron chi connectivity index (χ3n) is 1.38. The number of aromatic hydroxyl groups is 1. The molecule has 0 heterocycles.